The van der Waals surface area contributed by atoms with Crippen LogP contribution in [0.4, 0.5) is 0 Å². The fourth-order valence-electron chi connectivity index (χ4n) is 0.169. The van der Waals surface area contributed by atoms with Crippen molar-refractivity contribution in [3.8, 4) is 0 Å². The van der Waals surface area contributed by atoms with Crippen molar-refractivity contribution < 1.29 is 0 Å². The Hall–Kier alpha value is -0.370. The van der Waals surface area contributed by atoms with Crippen molar-refractivity contribution in [2.24, 2.45) is 5.73 Å². The van der Waals surface area contributed by atoms with Crippen molar-refractivity contribution in [3.05, 3.63) is 23.1 Å². The predicted molar refractivity (Wildman–Crippen MR) is 35.7 cm³/mol. The third-order valence-corrected chi connectivity index (χ3v) is 1.12. The molecule has 0 unspecified atom stereocenters. The van der Waals surface area contributed by atoms with Crippen molar-refractivity contribution in [2.45, 2.75) is 6.92 Å². The molecule has 0 aromatic carbocycles. The number of rotatable bonds is 2. The number of hydrogen-bond donors (Lipinski definition) is 1. The Bertz CT molecular complexity index is 66.1. The maximum Gasteiger partial charge on any atom is 0.000523 e. The summed E-state index contributed by atoms with van der Waals surface area (Å²) in [7, 11) is 0. The molecule has 0 amide bonds. The molecule has 0 aromatic heterocycles. The van der Waals surface area contributed by atoms with Crippen molar-refractivity contribution in [1.29, 1.82) is 0 Å². The molecule has 40 valence electrons. The molecule has 0 rings (SSSR count). The van der Waals surface area contributed by atoms with Crippen LogP contribution in [0.5, 0.6) is 0 Å². The third-order valence-electron chi connectivity index (χ3n) is 0.372. The van der Waals surface area contributed by atoms with Gasteiger partial charge in [0.15, 0.2) is 0 Å². The topological polar surface area (TPSA) is 26.0 Å². The van der Waals surface area contributed by atoms with E-state index in [4.69, 9.17) is 5.73 Å². The van der Waals surface area contributed by atoms with E-state index in [-0.39, 0.29) is 0 Å². The molecule has 0 aliphatic rings. The van der Waals surface area contributed by atoms with Gasteiger partial charge in [0.05, 0.1) is 0 Å². The lowest BCUT2D eigenvalue weighted by Crippen LogP contribution is -1.70. The SMILES string of the molecule is C/C=C\S/C=C\N. The molecule has 0 saturated carbocycles. The summed E-state index contributed by atoms with van der Waals surface area (Å²) in [4.78, 5) is 0. The molecule has 0 heterocycles. The molecule has 2 heteroatoms. The molecular formula is C5H9NS. The van der Waals surface area contributed by atoms with E-state index in [0.29, 0.717) is 0 Å². The van der Waals surface area contributed by atoms with Gasteiger partial charge in [0.25, 0.3) is 0 Å². The Morgan fingerprint density at radius 1 is 1.43 bits per heavy atom. The minimum absolute atomic E-state index is 1.52. The van der Waals surface area contributed by atoms with E-state index in [1.807, 2.05) is 23.8 Å². The Morgan fingerprint density at radius 2 is 2.14 bits per heavy atom. The normalized spacial score (nSPS) is 11.6. The highest BCUT2D eigenvalue weighted by Gasteiger charge is 1.61. The molecule has 0 radical (unpaired) electrons. The van der Waals surface area contributed by atoms with Crippen LogP contribution in [0.1, 0.15) is 6.92 Å². The van der Waals surface area contributed by atoms with Crippen molar-refractivity contribution in [1.82, 2.24) is 0 Å². The third kappa shape index (κ3) is 5.63. The standard InChI is InChI=1S/C5H9NS/c1-2-4-7-5-3-6/h2-5H,6H2,1H3/b4-2-,5-3-. The lowest BCUT2D eigenvalue weighted by molar-refractivity contribution is 1.63. The molecule has 0 saturated heterocycles. The van der Waals surface area contributed by atoms with Crippen molar-refractivity contribution >= 4 is 11.8 Å². The van der Waals surface area contributed by atoms with Gasteiger partial charge in [0, 0.05) is 6.20 Å². The highest BCUT2D eigenvalue weighted by molar-refractivity contribution is 8.04. The van der Waals surface area contributed by atoms with E-state index >= 15 is 0 Å². The summed E-state index contributed by atoms with van der Waals surface area (Å²) in [6, 6.07) is 0. The molecule has 0 aliphatic carbocycles. The molecule has 0 atom stereocenters. The Balaban J connectivity index is 2.98. The van der Waals surface area contributed by atoms with Crippen LogP contribution in [0.15, 0.2) is 23.1 Å². The van der Waals surface area contributed by atoms with Gasteiger partial charge >= 0.3 is 0 Å². The molecular weight excluding hydrogens is 106 g/mol. The van der Waals surface area contributed by atoms with Crippen LogP contribution in [0, 0.1) is 0 Å². The van der Waals surface area contributed by atoms with Gasteiger partial charge in [-0.25, -0.2) is 0 Å². The number of thioether (sulfide) groups is 1. The first kappa shape index (κ1) is 6.63. The second-order valence-electron chi connectivity index (χ2n) is 0.934. The van der Waals surface area contributed by atoms with E-state index in [2.05, 4.69) is 0 Å². The summed E-state index contributed by atoms with van der Waals surface area (Å²) in [6.45, 7) is 1.97. The predicted octanol–water partition coefficient (Wildman–Crippen LogP) is 1.68. The smallest absolute Gasteiger partial charge is 0.000523 e. The first-order valence-electron chi connectivity index (χ1n) is 2.05. The molecule has 0 aliphatic heterocycles. The highest BCUT2D eigenvalue weighted by Crippen LogP contribution is 2.00. The second kappa shape index (κ2) is 5.63. The second-order valence-corrected chi connectivity index (χ2v) is 1.75. The number of hydrogen-bond acceptors (Lipinski definition) is 2. The zero-order valence-corrected chi connectivity index (χ0v) is 5.11. The zero-order chi connectivity index (χ0) is 5.54. The van der Waals surface area contributed by atoms with E-state index in [1.165, 1.54) is 6.20 Å². The lowest BCUT2D eigenvalue weighted by Gasteiger charge is -1.73. The maximum absolute atomic E-state index is 5.03. The summed E-state index contributed by atoms with van der Waals surface area (Å²) < 4.78 is 0. The summed E-state index contributed by atoms with van der Waals surface area (Å²) in [5.74, 6) is 0. The Morgan fingerprint density at radius 3 is 2.57 bits per heavy atom. The Kier molecular flexibility index (Phi) is 5.33. The van der Waals surface area contributed by atoms with Gasteiger partial charge in [-0.15, -0.1) is 11.8 Å². The van der Waals surface area contributed by atoms with E-state index < -0.39 is 0 Å². The average Bonchev–Trinajstić information content (AvgIpc) is 1.69. The largest absolute Gasteiger partial charge is 0.404 e. The summed E-state index contributed by atoms with van der Waals surface area (Å²) in [5.41, 5.74) is 5.03. The molecule has 0 fully saturated rings. The molecule has 0 bridgehead atoms. The monoisotopic (exact) mass is 115 g/mol. The van der Waals surface area contributed by atoms with Gasteiger partial charge in [0.2, 0.25) is 0 Å². The van der Waals surface area contributed by atoms with Crippen LogP contribution in [-0.4, -0.2) is 0 Å². The molecule has 2 N–H and O–H groups in total. The molecule has 1 nitrogen and oxygen atoms in total. The van der Waals surface area contributed by atoms with Gasteiger partial charge < -0.3 is 5.73 Å². The van der Waals surface area contributed by atoms with Crippen LogP contribution < -0.4 is 5.73 Å². The quantitative estimate of drug-likeness (QED) is 0.592. The number of allylic oxidation sites excluding steroid dienone is 1. The van der Waals surface area contributed by atoms with Crippen LogP contribution in [0.3, 0.4) is 0 Å². The van der Waals surface area contributed by atoms with Crippen LogP contribution in [-0.2, 0) is 0 Å². The van der Waals surface area contributed by atoms with E-state index in [9.17, 15) is 0 Å². The summed E-state index contributed by atoms with van der Waals surface area (Å²) >= 11 is 1.57. The van der Waals surface area contributed by atoms with Gasteiger partial charge in [-0.1, -0.05) is 6.08 Å². The van der Waals surface area contributed by atoms with Crippen LogP contribution >= 0.6 is 11.8 Å². The van der Waals surface area contributed by atoms with Crippen LogP contribution in [0.25, 0.3) is 0 Å². The fourth-order valence-corrected chi connectivity index (χ4v) is 0.508. The van der Waals surface area contributed by atoms with Crippen molar-refractivity contribution in [2.75, 3.05) is 0 Å². The molecule has 0 aromatic rings. The molecule has 0 spiro atoms. The Labute approximate surface area is 48.3 Å². The van der Waals surface area contributed by atoms with E-state index in [1.54, 1.807) is 11.8 Å². The average molecular weight is 115 g/mol. The first-order chi connectivity index (χ1) is 3.41. The van der Waals surface area contributed by atoms with Gasteiger partial charge in [-0.3, -0.25) is 0 Å². The van der Waals surface area contributed by atoms with Crippen LogP contribution in [0.2, 0.25) is 0 Å². The minimum Gasteiger partial charge on any atom is -0.404 e. The summed E-state index contributed by atoms with van der Waals surface area (Å²) in [5, 5.41) is 3.78. The maximum atomic E-state index is 5.03. The van der Waals surface area contributed by atoms with Crippen molar-refractivity contribution in [3.63, 3.8) is 0 Å². The first-order valence-corrected chi connectivity index (χ1v) is 2.99. The lowest BCUT2D eigenvalue weighted by atomic mass is 10.8. The van der Waals surface area contributed by atoms with E-state index in [0.717, 1.165) is 0 Å². The highest BCUT2D eigenvalue weighted by atomic mass is 32.2. The zero-order valence-electron chi connectivity index (χ0n) is 4.29. The molecule has 7 heavy (non-hydrogen) atoms. The number of nitrogens with two attached hydrogens (primary N) is 1. The summed E-state index contributed by atoms with van der Waals surface area (Å²) in [6.07, 6.45) is 3.48. The minimum atomic E-state index is 1.52. The van der Waals surface area contributed by atoms with Gasteiger partial charge in [-0.2, -0.15) is 0 Å². The fraction of sp³-hybridized carbons (Fsp3) is 0.200. The van der Waals surface area contributed by atoms with Gasteiger partial charge in [0.1, 0.15) is 0 Å². The van der Waals surface area contributed by atoms with Gasteiger partial charge in [-0.05, 0) is 17.7 Å².